The molecule has 3 rings (SSSR count). The van der Waals surface area contributed by atoms with Crippen LogP contribution in [0, 0.1) is 17.1 Å². The fourth-order valence-electron chi connectivity index (χ4n) is 3.44. The van der Waals surface area contributed by atoms with Gasteiger partial charge in [0.25, 0.3) is 0 Å². The molecule has 4 N–H and O–H groups in total. The maximum absolute atomic E-state index is 13.9. The van der Waals surface area contributed by atoms with Crippen LogP contribution >= 0.6 is 35.0 Å². The molecule has 2 aromatic carbocycles. The number of halogens is 3. The number of nitrogens with zero attached hydrogens (tertiary/aromatic N) is 1. The van der Waals surface area contributed by atoms with E-state index >= 15 is 0 Å². The second kappa shape index (κ2) is 10.1. The van der Waals surface area contributed by atoms with E-state index in [0.717, 1.165) is 11.0 Å². The highest BCUT2D eigenvalue weighted by Crippen LogP contribution is 2.37. The molecule has 0 aromatic heterocycles. The Bertz CT molecular complexity index is 1020. The van der Waals surface area contributed by atoms with Crippen LogP contribution in [0.25, 0.3) is 0 Å². The highest BCUT2D eigenvalue weighted by Gasteiger charge is 2.51. The largest absolute Gasteiger partial charge is 0.491 e. The van der Waals surface area contributed by atoms with E-state index < -0.39 is 11.4 Å². The van der Waals surface area contributed by atoms with E-state index in [0.29, 0.717) is 16.6 Å². The molecule has 31 heavy (non-hydrogen) atoms. The average Bonchev–Trinajstić information content (AvgIpc) is 2.72. The Labute approximate surface area is 194 Å². The molecule has 3 unspecified atom stereocenters. The summed E-state index contributed by atoms with van der Waals surface area (Å²) < 4.78 is 19.7. The zero-order valence-electron chi connectivity index (χ0n) is 16.6. The molecule has 1 amide bonds. The summed E-state index contributed by atoms with van der Waals surface area (Å²) in [5.41, 5.74) is 4.70. The molecule has 0 spiro atoms. The van der Waals surface area contributed by atoms with Crippen molar-refractivity contribution in [3.63, 3.8) is 0 Å². The van der Waals surface area contributed by atoms with Gasteiger partial charge in [-0.2, -0.15) is 5.26 Å². The summed E-state index contributed by atoms with van der Waals surface area (Å²) in [6.45, 7) is 2.41. The maximum Gasteiger partial charge on any atom is 0.234 e. The van der Waals surface area contributed by atoms with Gasteiger partial charge in [0.15, 0.2) is 0 Å². The molecule has 164 valence electrons. The normalized spacial score (nSPS) is 21.0. The van der Waals surface area contributed by atoms with Crippen LogP contribution in [0.15, 0.2) is 41.3 Å². The van der Waals surface area contributed by atoms with Crippen LogP contribution < -0.4 is 21.1 Å². The number of benzene rings is 2. The fraction of sp³-hybridized carbons (Fsp3) is 0.333. The Balaban J connectivity index is 1.76. The van der Waals surface area contributed by atoms with Gasteiger partial charge < -0.3 is 21.1 Å². The molecule has 3 atom stereocenters. The van der Waals surface area contributed by atoms with Gasteiger partial charge in [-0.1, -0.05) is 30.1 Å². The monoisotopic (exact) mass is 482 g/mol. The topological polar surface area (TPSA) is 100 Å². The van der Waals surface area contributed by atoms with Gasteiger partial charge in [0.2, 0.25) is 5.91 Å². The minimum atomic E-state index is -0.744. The van der Waals surface area contributed by atoms with Crippen LogP contribution in [-0.4, -0.2) is 42.4 Å². The van der Waals surface area contributed by atoms with Crippen molar-refractivity contribution in [1.82, 2.24) is 10.6 Å². The SMILES string of the molecule is CC(Sc1ccc(Cl)cc1Cl)C1NCC1(COc1ccc(C#N)c(F)c1)NC(=O)CN. The highest BCUT2D eigenvalue weighted by atomic mass is 35.5. The van der Waals surface area contributed by atoms with Gasteiger partial charge in [-0.25, -0.2) is 4.39 Å². The second-order valence-electron chi connectivity index (χ2n) is 7.21. The van der Waals surface area contributed by atoms with Crippen molar-refractivity contribution in [2.45, 2.75) is 28.6 Å². The fourth-order valence-corrected chi connectivity index (χ4v) is 5.19. The molecule has 0 radical (unpaired) electrons. The van der Waals surface area contributed by atoms with Crippen LogP contribution in [0.4, 0.5) is 4.39 Å². The lowest BCUT2D eigenvalue weighted by Crippen LogP contribution is -2.80. The molecule has 0 bridgehead atoms. The molecule has 10 heteroatoms. The molecule has 1 heterocycles. The first-order valence-corrected chi connectivity index (χ1v) is 11.1. The lowest BCUT2D eigenvalue weighted by molar-refractivity contribution is -0.124. The van der Waals surface area contributed by atoms with Crippen molar-refractivity contribution >= 4 is 40.9 Å². The van der Waals surface area contributed by atoms with E-state index in [2.05, 4.69) is 10.6 Å². The summed E-state index contributed by atoms with van der Waals surface area (Å²) in [5, 5.41) is 16.3. The Morgan fingerprint density at radius 3 is 2.81 bits per heavy atom. The minimum Gasteiger partial charge on any atom is -0.491 e. The third-order valence-electron chi connectivity index (χ3n) is 5.04. The van der Waals surface area contributed by atoms with Crippen molar-refractivity contribution in [2.24, 2.45) is 5.73 Å². The summed E-state index contributed by atoms with van der Waals surface area (Å²) in [7, 11) is 0. The second-order valence-corrected chi connectivity index (χ2v) is 9.47. The number of ether oxygens (including phenoxy) is 1. The number of hydrogen-bond acceptors (Lipinski definition) is 6. The molecular weight excluding hydrogens is 462 g/mol. The summed E-state index contributed by atoms with van der Waals surface area (Å²) in [6.07, 6.45) is 0. The molecule has 1 aliphatic heterocycles. The van der Waals surface area contributed by atoms with Gasteiger partial charge in [-0.3, -0.25) is 4.79 Å². The van der Waals surface area contributed by atoms with Crippen LogP contribution in [0.5, 0.6) is 5.75 Å². The number of rotatable bonds is 8. The maximum atomic E-state index is 13.9. The number of nitrogens with two attached hydrogens (primary N) is 1. The molecule has 1 aliphatic rings. The number of carbonyl (C=O) groups excluding carboxylic acids is 1. The van der Waals surface area contributed by atoms with Gasteiger partial charge in [-0.15, -0.1) is 11.8 Å². The van der Waals surface area contributed by atoms with Crippen molar-refractivity contribution in [2.75, 3.05) is 19.7 Å². The van der Waals surface area contributed by atoms with Gasteiger partial charge >= 0.3 is 0 Å². The van der Waals surface area contributed by atoms with Crippen LogP contribution in [0.2, 0.25) is 10.0 Å². The van der Waals surface area contributed by atoms with Crippen molar-refractivity contribution in [1.29, 1.82) is 5.26 Å². The van der Waals surface area contributed by atoms with Crippen molar-refractivity contribution < 1.29 is 13.9 Å². The van der Waals surface area contributed by atoms with E-state index in [1.165, 1.54) is 12.1 Å². The number of hydrogen-bond donors (Lipinski definition) is 3. The van der Waals surface area contributed by atoms with Crippen LogP contribution in [0.1, 0.15) is 12.5 Å². The first kappa shape index (κ1) is 23.6. The van der Waals surface area contributed by atoms with Crippen LogP contribution in [0.3, 0.4) is 0 Å². The smallest absolute Gasteiger partial charge is 0.234 e. The van der Waals surface area contributed by atoms with E-state index in [9.17, 15) is 9.18 Å². The number of thioether (sulfide) groups is 1. The minimum absolute atomic E-state index is 0.00759. The lowest BCUT2D eigenvalue weighted by Gasteiger charge is -2.52. The van der Waals surface area contributed by atoms with E-state index in [-0.39, 0.29) is 41.7 Å². The quantitative estimate of drug-likeness (QED) is 0.498. The molecule has 1 saturated heterocycles. The molecule has 0 aliphatic carbocycles. The van der Waals surface area contributed by atoms with Crippen LogP contribution in [-0.2, 0) is 4.79 Å². The van der Waals surface area contributed by atoms with E-state index in [1.807, 2.05) is 13.0 Å². The Morgan fingerprint density at radius 2 is 2.23 bits per heavy atom. The number of nitrogens with one attached hydrogen (secondary N) is 2. The van der Waals surface area contributed by atoms with E-state index in [1.54, 1.807) is 30.0 Å². The average molecular weight is 483 g/mol. The third-order valence-corrected chi connectivity index (χ3v) is 6.95. The number of carbonyl (C=O) groups is 1. The predicted octanol–water partition coefficient (Wildman–Crippen LogP) is 3.35. The summed E-state index contributed by atoms with van der Waals surface area (Å²) in [5.74, 6) is -0.711. The molecule has 6 nitrogen and oxygen atoms in total. The van der Waals surface area contributed by atoms with Crippen molar-refractivity contribution in [3.05, 3.63) is 57.8 Å². The lowest BCUT2D eigenvalue weighted by atomic mass is 9.81. The zero-order valence-corrected chi connectivity index (χ0v) is 19.0. The number of nitriles is 1. The van der Waals surface area contributed by atoms with Gasteiger partial charge in [0, 0.05) is 33.8 Å². The summed E-state index contributed by atoms with van der Waals surface area (Å²) >= 11 is 13.8. The Morgan fingerprint density at radius 1 is 1.45 bits per heavy atom. The number of amides is 1. The van der Waals surface area contributed by atoms with Gasteiger partial charge in [0.1, 0.15) is 29.8 Å². The van der Waals surface area contributed by atoms with Gasteiger partial charge in [-0.05, 0) is 30.3 Å². The molecule has 0 saturated carbocycles. The first-order chi connectivity index (χ1) is 14.8. The predicted molar refractivity (Wildman–Crippen MR) is 120 cm³/mol. The molecular formula is C21H21Cl2FN4O2S. The zero-order chi connectivity index (χ0) is 22.6. The summed E-state index contributed by atoms with van der Waals surface area (Å²) in [4.78, 5) is 13.0. The Kier molecular flexibility index (Phi) is 7.68. The third kappa shape index (κ3) is 5.43. The Hall–Kier alpha value is -2.02. The first-order valence-electron chi connectivity index (χ1n) is 9.46. The van der Waals surface area contributed by atoms with E-state index in [4.69, 9.17) is 38.9 Å². The standard InChI is InChI=1S/C21H21Cl2FN4O2S/c1-12(31-18-5-3-14(22)6-16(18)23)20-21(10-27-20,28-19(29)9-26)11-30-15-4-2-13(8-25)17(24)7-15/h2-7,12,20,27H,9-11,26H2,1H3,(H,28,29). The van der Waals surface area contributed by atoms with Gasteiger partial charge in [0.05, 0.1) is 17.1 Å². The summed E-state index contributed by atoms with van der Waals surface area (Å²) in [6, 6.07) is 10.9. The molecule has 1 fully saturated rings. The van der Waals surface area contributed by atoms with Crippen molar-refractivity contribution in [3.8, 4) is 11.8 Å². The molecule has 2 aromatic rings. The highest BCUT2D eigenvalue weighted by molar-refractivity contribution is 8.00.